The van der Waals surface area contributed by atoms with Crippen molar-refractivity contribution in [2.45, 2.75) is 4.90 Å². The number of rotatable bonds is 3. The predicted octanol–water partition coefficient (Wildman–Crippen LogP) is 2.18. The molecule has 2 rings (SSSR count). The third-order valence-electron chi connectivity index (χ3n) is 2.62. The van der Waals surface area contributed by atoms with Gasteiger partial charge >= 0.3 is 0 Å². The first-order chi connectivity index (χ1) is 8.63. The quantitative estimate of drug-likeness (QED) is 0.679. The van der Waals surface area contributed by atoms with Gasteiger partial charge in [0.05, 0.1) is 7.11 Å². The molecule has 0 heterocycles. The summed E-state index contributed by atoms with van der Waals surface area (Å²) in [5.41, 5.74) is 7.62. The molecule has 0 aliphatic rings. The molecule has 0 radical (unpaired) electrons. The molecule has 0 spiro atoms. The Balaban J connectivity index is 2.65. The summed E-state index contributed by atoms with van der Waals surface area (Å²) in [4.78, 5) is 0.220. The molecule has 1 unspecified atom stereocenters. The van der Waals surface area contributed by atoms with Crippen molar-refractivity contribution in [1.82, 2.24) is 0 Å². The SMILES string of the molecule is COc1ccc(N)c(-c2ccccc2S(=O)[O-])c1. The summed E-state index contributed by atoms with van der Waals surface area (Å²) in [6.07, 6.45) is 0. The molecule has 2 N–H and O–H groups in total. The highest BCUT2D eigenvalue weighted by Crippen LogP contribution is 2.33. The fourth-order valence-electron chi connectivity index (χ4n) is 1.73. The van der Waals surface area contributed by atoms with Crippen molar-refractivity contribution in [3.8, 4) is 16.9 Å². The molecule has 2 aromatic carbocycles. The van der Waals surface area contributed by atoms with Crippen molar-refractivity contribution in [1.29, 1.82) is 0 Å². The Kier molecular flexibility index (Phi) is 3.64. The van der Waals surface area contributed by atoms with Gasteiger partial charge in [-0.05, 0) is 40.9 Å². The van der Waals surface area contributed by atoms with Crippen LogP contribution in [0.1, 0.15) is 0 Å². The van der Waals surface area contributed by atoms with Gasteiger partial charge in [0.1, 0.15) is 5.75 Å². The van der Waals surface area contributed by atoms with Crippen LogP contribution < -0.4 is 10.5 Å². The fraction of sp³-hybridized carbons (Fsp3) is 0.0769. The molecule has 0 aliphatic carbocycles. The molecule has 18 heavy (non-hydrogen) atoms. The molecule has 2 aromatic rings. The number of nitrogens with two attached hydrogens (primary N) is 1. The van der Waals surface area contributed by atoms with Crippen LogP contribution in [-0.2, 0) is 11.1 Å². The molecule has 5 heteroatoms. The van der Waals surface area contributed by atoms with Gasteiger partial charge in [0, 0.05) is 16.1 Å². The van der Waals surface area contributed by atoms with Crippen molar-refractivity contribution in [3.05, 3.63) is 42.5 Å². The minimum Gasteiger partial charge on any atom is -0.768 e. The predicted molar refractivity (Wildman–Crippen MR) is 70.0 cm³/mol. The molecule has 0 saturated heterocycles. The Bertz CT molecular complexity index is 599. The lowest BCUT2D eigenvalue weighted by Crippen LogP contribution is -1.97. The van der Waals surface area contributed by atoms with Gasteiger partial charge < -0.3 is 15.0 Å². The molecule has 0 aliphatic heterocycles. The minimum absolute atomic E-state index is 0.220. The summed E-state index contributed by atoms with van der Waals surface area (Å²) in [5, 5.41) is 0. The van der Waals surface area contributed by atoms with E-state index < -0.39 is 11.1 Å². The van der Waals surface area contributed by atoms with E-state index in [2.05, 4.69) is 0 Å². The molecular weight excluding hydrogens is 250 g/mol. The van der Waals surface area contributed by atoms with E-state index in [4.69, 9.17) is 10.5 Å². The molecule has 0 bridgehead atoms. The highest BCUT2D eigenvalue weighted by Gasteiger charge is 2.09. The van der Waals surface area contributed by atoms with Crippen LogP contribution in [0.15, 0.2) is 47.4 Å². The van der Waals surface area contributed by atoms with Crippen LogP contribution in [0.3, 0.4) is 0 Å². The van der Waals surface area contributed by atoms with E-state index in [0.29, 0.717) is 22.6 Å². The van der Waals surface area contributed by atoms with Gasteiger partial charge in [-0.1, -0.05) is 18.2 Å². The molecule has 4 nitrogen and oxygen atoms in total. The van der Waals surface area contributed by atoms with Gasteiger partial charge in [-0.15, -0.1) is 0 Å². The van der Waals surface area contributed by atoms with Crippen LogP contribution in [0.25, 0.3) is 11.1 Å². The van der Waals surface area contributed by atoms with Crippen molar-refractivity contribution < 1.29 is 13.5 Å². The van der Waals surface area contributed by atoms with E-state index >= 15 is 0 Å². The zero-order valence-electron chi connectivity index (χ0n) is 9.75. The third-order valence-corrected chi connectivity index (χ3v) is 3.33. The number of anilines is 1. The molecule has 0 aromatic heterocycles. The van der Waals surface area contributed by atoms with E-state index in [1.165, 1.54) is 6.07 Å². The van der Waals surface area contributed by atoms with Gasteiger partial charge in [-0.3, -0.25) is 4.21 Å². The van der Waals surface area contributed by atoms with Gasteiger partial charge in [0.25, 0.3) is 0 Å². The molecule has 0 fully saturated rings. The summed E-state index contributed by atoms with van der Waals surface area (Å²) in [6.45, 7) is 0. The van der Waals surface area contributed by atoms with Gasteiger partial charge in [-0.2, -0.15) is 0 Å². The van der Waals surface area contributed by atoms with Gasteiger partial charge in [0.15, 0.2) is 0 Å². The van der Waals surface area contributed by atoms with Crippen LogP contribution >= 0.6 is 0 Å². The van der Waals surface area contributed by atoms with Crippen molar-refractivity contribution >= 4 is 16.8 Å². The Morgan fingerprint density at radius 3 is 2.56 bits per heavy atom. The molecule has 0 amide bonds. The van der Waals surface area contributed by atoms with Crippen LogP contribution in [0.2, 0.25) is 0 Å². The number of nitrogen functional groups attached to an aromatic ring is 1. The Morgan fingerprint density at radius 1 is 1.17 bits per heavy atom. The maximum absolute atomic E-state index is 11.2. The monoisotopic (exact) mass is 262 g/mol. The van der Waals surface area contributed by atoms with E-state index in [-0.39, 0.29) is 4.90 Å². The minimum atomic E-state index is -2.30. The lowest BCUT2D eigenvalue weighted by molar-refractivity contribution is 0.415. The first kappa shape index (κ1) is 12.6. The summed E-state index contributed by atoms with van der Waals surface area (Å²) in [6, 6.07) is 11.8. The van der Waals surface area contributed by atoms with E-state index in [0.717, 1.165) is 0 Å². The Hall–Kier alpha value is -1.85. The summed E-state index contributed by atoms with van der Waals surface area (Å²) >= 11 is -2.30. The van der Waals surface area contributed by atoms with E-state index in [9.17, 15) is 8.76 Å². The molecule has 0 saturated carbocycles. The third kappa shape index (κ3) is 2.37. The Morgan fingerprint density at radius 2 is 1.89 bits per heavy atom. The lowest BCUT2D eigenvalue weighted by Gasteiger charge is -2.14. The zero-order chi connectivity index (χ0) is 13.1. The zero-order valence-corrected chi connectivity index (χ0v) is 10.6. The summed E-state index contributed by atoms with van der Waals surface area (Å²) in [5.74, 6) is 0.630. The summed E-state index contributed by atoms with van der Waals surface area (Å²) in [7, 11) is 1.55. The first-order valence-electron chi connectivity index (χ1n) is 5.25. The highest BCUT2D eigenvalue weighted by atomic mass is 32.2. The molecule has 94 valence electrons. The second-order valence-corrected chi connectivity index (χ2v) is 4.59. The Labute approximate surface area is 108 Å². The topological polar surface area (TPSA) is 75.4 Å². The van der Waals surface area contributed by atoms with Gasteiger partial charge in [0.2, 0.25) is 0 Å². The first-order valence-corrected chi connectivity index (χ1v) is 6.33. The van der Waals surface area contributed by atoms with Crippen molar-refractivity contribution in [2.24, 2.45) is 0 Å². The molecular formula is C13H12NO3S-. The van der Waals surface area contributed by atoms with E-state index in [1.54, 1.807) is 43.5 Å². The van der Waals surface area contributed by atoms with Crippen LogP contribution in [0, 0.1) is 0 Å². The maximum atomic E-state index is 11.2. The molecule has 1 atom stereocenters. The second kappa shape index (κ2) is 5.20. The highest BCUT2D eigenvalue weighted by molar-refractivity contribution is 7.79. The van der Waals surface area contributed by atoms with Crippen molar-refractivity contribution in [3.63, 3.8) is 0 Å². The largest absolute Gasteiger partial charge is 0.768 e. The number of benzene rings is 2. The van der Waals surface area contributed by atoms with Gasteiger partial charge in [-0.25, -0.2) is 0 Å². The average Bonchev–Trinajstić information content (AvgIpc) is 2.39. The summed E-state index contributed by atoms with van der Waals surface area (Å²) < 4.78 is 27.5. The standard InChI is InChI=1S/C13H13NO3S/c1-17-9-6-7-12(14)11(8-9)10-4-2-3-5-13(10)18(15)16/h2-8H,14H2,1H3,(H,15,16)/p-1. The number of methoxy groups -OCH3 is 1. The van der Waals surface area contributed by atoms with Crippen molar-refractivity contribution in [2.75, 3.05) is 12.8 Å². The van der Waals surface area contributed by atoms with Crippen LogP contribution in [0.4, 0.5) is 5.69 Å². The maximum Gasteiger partial charge on any atom is 0.119 e. The lowest BCUT2D eigenvalue weighted by atomic mass is 10.0. The fourth-order valence-corrected chi connectivity index (χ4v) is 2.28. The number of hydrogen-bond donors (Lipinski definition) is 1. The number of hydrogen-bond acceptors (Lipinski definition) is 4. The normalized spacial score (nSPS) is 12.1. The number of ether oxygens (including phenoxy) is 1. The smallest absolute Gasteiger partial charge is 0.119 e. The van der Waals surface area contributed by atoms with E-state index in [1.807, 2.05) is 0 Å². The van der Waals surface area contributed by atoms with Crippen LogP contribution in [-0.4, -0.2) is 15.9 Å². The second-order valence-electron chi connectivity index (χ2n) is 3.68. The average molecular weight is 262 g/mol. The van der Waals surface area contributed by atoms with Crippen LogP contribution in [0.5, 0.6) is 5.75 Å².